The predicted octanol–water partition coefficient (Wildman–Crippen LogP) is 6.44. The SMILES string of the molecule is CCOC(=O)c1c(NC(=O)C(C)Sc2nnc(CNC(=O)c3ccco3)n2-c2cccc(C(F)(F)F)c2)sc2c1CCCCC2. The summed E-state index contributed by atoms with van der Waals surface area (Å²) in [5.74, 6) is -1.29. The highest BCUT2D eigenvalue weighted by Crippen LogP contribution is 2.39. The highest BCUT2D eigenvalue weighted by molar-refractivity contribution is 8.00. The molecule has 1 aliphatic carbocycles. The summed E-state index contributed by atoms with van der Waals surface area (Å²) in [6.45, 7) is 3.34. The lowest BCUT2D eigenvalue weighted by Gasteiger charge is -2.15. The summed E-state index contributed by atoms with van der Waals surface area (Å²) in [5, 5.41) is 13.5. The van der Waals surface area contributed by atoms with Crippen molar-refractivity contribution in [1.29, 1.82) is 0 Å². The topological polar surface area (TPSA) is 128 Å². The first kappa shape index (κ1) is 32.3. The van der Waals surface area contributed by atoms with E-state index in [1.807, 2.05) is 0 Å². The third kappa shape index (κ3) is 7.41. The summed E-state index contributed by atoms with van der Waals surface area (Å²) in [6.07, 6.45) is 1.25. The Morgan fingerprint density at radius 3 is 2.67 bits per heavy atom. The van der Waals surface area contributed by atoms with Crippen molar-refractivity contribution in [3.8, 4) is 5.69 Å². The highest BCUT2D eigenvalue weighted by Gasteiger charge is 2.32. The van der Waals surface area contributed by atoms with E-state index in [9.17, 15) is 27.6 Å². The molecule has 1 aliphatic rings. The number of fused-ring (bicyclic) bond motifs is 1. The van der Waals surface area contributed by atoms with E-state index in [-0.39, 0.29) is 35.6 Å². The van der Waals surface area contributed by atoms with Gasteiger partial charge in [0.1, 0.15) is 5.00 Å². The number of ether oxygens (including phenoxy) is 1. The number of hydrogen-bond donors (Lipinski definition) is 2. The summed E-state index contributed by atoms with van der Waals surface area (Å²) in [4.78, 5) is 39.9. The number of alkyl halides is 3. The molecule has 1 atom stereocenters. The van der Waals surface area contributed by atoms with Gasteiger partial charge in [0, 0.05) is 4.88 Å². The average Bonchev–Trinajstić information content (AvgIpc) is 3.72. The van der Waals surface area contributed by atoms with E-state index in [2.05, 4.69) is 20.8 Å². The number of furan rings is 1. The second-order valence-corrected chi connectivity index (χ2v) is 12.6. The van der Waals surface area contributed by atoms with E-state index in [0.29, 0.717) is 10.6 Å². The van der Waals surface area contributed by atoms with E-state index in [4.69, 9.17) is 9.15 Å². The fourth-order valence-electron chi connectivity index (χ4n) is 4.90. The van der Waals surface area contributed by atoms with E-state index in [0.717, 1.165) is 66.4 Å². The van der Waals surface area contributed by atoms with Gasteiger partial charge in [-0.2, -0.15) is 13.2 Å². The van der Waals surface area contributed by atoms with Crippen LogP contribution in [0, 0.1) is 0 Å². The van der Waals surface area contributed by atoms with Crippen LogP contribution >= 0.6 is 23.1 Å². The number of rotatable bonds is 10. The lowest BCUT2D eigenvalue weighted by Crippen LogP contribution is -2.25. The third-order valence-electron chi connectivity index (χ3n) is 7.07. The number of anilines is 1. The maximum absolute atomic E-state index is 13.6. The molecule has 0 bridgehead atoms. The van der Waals surface area contributed by atoms with Gasteiger partial charge >= 0.3 is 12.1 Å². The van der Waals surface area contributed by atoms with Gasteiger partial charge in [-0.1, -0.05) is 24.2 Å². The Morgan fingerprint density at radius 1 is 1.13 bits per heavy atom. The van der Waals surface area contributed by atoms with Crippen LogP contribution in [-0.4, -0.2) is 44.4 Å². The molecule has 0 fully saturated rings. The Morgan fingerprint density at radius 2 is 1.93 bits per heavy atom. The fraction of sp³-hybridized carbons (Fsp3) is 0.367. The zero-order chi connectivity index (χ0) is 32.1. The Labute approximate surface area is 264 Å². The standard InChI is InChI=1S/C30H30F3N5O5S2/c1-3-42-28(41)24-20-11-5-4-6-13-22(20)45-27(24)35-25(39)17(2)44-29-37-36-23(16-34-26(40)21-12-8-14-43-21)38(29)19-10-7-9-18(15-19)30(31,32)33/h7-10,12,14-15,17H,3-6,11,13,16H2,1-2H3,(H,34,40)(H,35,39). The van der Waals surface area contributed by atoms with Crippen LogP contribution in [0.5, 0.6) is 0 Å². The number of benzene rings is 1. The number of nitrogens with zero attached hydrogens (tertiary/aromatic N) is 3. The minimum Gasteiger partial charge on any atom is -0.462 e. The number of thioether (sulfide) groups is 1. The first-order valence-corrected chi connectivity index (χ1v) is 16.0. The lowest BCUT2D eigenvalue weighted by atomic mass is 10.1. The molecule has 0 saturated heterocycles. The fourth-order valence-corrected chi connectivity index (χ4v) is 7.07. The monoisotopic (exact) mass is 661 g/mol. The van der Waals surface area contributed by atoms with Gasteiger partial charge in [0.25, 0.3) is 5.91 Å². The second kappa shape index (κ2) is 13.9. The average molecular weight is 662 g/mol. The van der Waals surface area contributed by atoms with Crippen molar-refractivity contribution in [2.75, 3.05) is 11.9 Å². The number of hydrogen-bond acceptors (Lipinski definition) is 9. The van der Waals surface area contributed by atoms with Gasteiger partial charge in [-0.25, -0.2) is 4.79 Å². The number of carbonyl (C=O) groups is 3. The number of nitrogens with one attached hydrogen (secondary N) is 2. The van der Waals surface area contributed by atoms with E-state index in [1.165, 1.54) is 40.4 Å². The molecule has 3 heterocycles. The summed E-state index contributed by atoms with van der Waals surface area (Å²) in [5.41, 5.74) is 0.506. The number of esters is 1. The maximum Gasteiger partial charge on any atom is 0.416 e. The van der Waals surface area contributed by atoms with Gasteiger partial charge < -0.3 is 19.8 Å². The molecule has 238 valence electrons. The van der Waals surface area contributed by atoms with Crippen LogP contribution in [0.2, 0.25) is 0 Å². The minimum atomic E-state index is -4.60. The summed E-state index contributed by atoms with van der Waals surface area (Å²) >= 11 is 2.34. The molecule has 0 radical (unpaired) electrons. The molecule has 1 aromatic carbocycles. The molecule has 0 spiro atoms. The van der Waals surface area contributed by atoms with Crippen LogP contribution in [-0.2, 0) is 35.1 Å². The second-order valence-electron chi connectivity index (χ2n) is 10.2. The van der Waals surface area contributed by atoms with E-state index in [1.54, 1.807) is 19.9 Å². The predicted molar refractivity (Wildman–Crippen MR) is 162 cm³/mol. The van der Waals surface area contributed by atoms with Crippen LogP contribution in [0.25, 0.3) is 5.69 Å². The van der Waals surface area contributed by atoms with Crippen molar-refractivity contribution in [3.05, 3.63) is 75.8 Å². The van der Waals surface area contributed by atoms with Gasteiger partial charge in [-0.15, -0.1) is 21.5 Å². The molecule has 45 heavy (non-hydrogen) atoms. The van der Waals surface area contributed by atoms with Crippen molar-refractivity contribution in [3.63, 3.8) is 0 Å². The summed E-state index contributed by atoms with van der Waals surface area (Å²) in [6, 6.07) is 7.61. The number of carbonyl (C=O) groups excluding carboxylic acids is 3. The molecule has 2 amide bonds. The highest BCUT2D eigenvalue weighted by atomic mass is 32.2. The Kier molecular flexibility index (Phi) is 9.97. The molecule has 3 aromatic heterocycles. The smallest absolute Gasteiger partial charge is 0.416 e. The largest absolute Gasteiger partial charge is 0.462 e. The van der Waals surface area contributed by atoms with Crippen molar-refractivity contribution < 1.29 is 36.7 Å². The zero-order valence-electron chi connectivity index (χ0n) is 24.4. The number of halogens is 3. The minimum absolute atomic E-state index is 0.0492. The van der Waals surface area contributed by atoms with Crippen molar-refractivity contribution in [2.24, 2.45) is 0 Å². The van der Waals surface area contributed by atoms with Crippen LogP contribution in [0.15, 0.2) is 52.2 Å². The Balaban J connectivity index is 1.41. The van der Waals surface area contributed by atoms with Gasteiger partial charge in [-0.05, 0) is 75.4 Å². The normalized spacial score (nSPS) is 13.9. The first-order valence-electron chi connectivity index (χ1n) is 14.3. The van der Waals surface area contributed by atoms with Crippen LogP contribution in [0.4, 0.5) is 18.2 Å². The van der Waals surface area contributed by atoms with Gasteiger partial charge in [-0.3, -0.25) is 14.2 Å². The number of aryl methyl sites for hydroxylation is 1. The Bertz CT molecular complexity index is 1680. The maximum atomic E-state index is 13.6. The molecule has 10 nitrogen and oxygen atoms in total. The lowest BCUT2D eigenvalue weighted by molar-refractivity contribution is -0.137. The quantitative estimate of drug-likeness (QED) is 0.113. The molecule has 0 aliphatic heterocycles. The third-order valence-corrected chi connectivity index (χ3v) is 9.32. The van der Waals surface area contributed by atoms with Crippen LogP contribution < -0.4 is 10.6 Å². The summed E-state index contributed by atoms with van der Waals surface area (Å²) in [7, 11) is 0. The molecular weight excluding hydrogens is 631 g/mol. The summed E-state index contributed by atoms with van der Waals surface area (Å²) < 4.78 is 52.5. The Hall–Kier alpha value is -4.11. The van der Waals surface area contributed by atoms with Crippen molar-refractivity contribution >= 4 is 45.9 Å². The molecule has 1 unspecified atom stereocenters. The van der Waals surface area contributed by atoms with Gasteiger partial charge in [0.05, 0.1) is 41.5 Å². The van der Waals surface area contributed by atoms with E-state index >= 15 is 0 Å². The molecule has 15 heteroatoms. The molecule has 0 saturated carbocycles. The van der Waals surface area contributed by atoms with Crippen LogP contribution in [0.1, 0.15) is 75.9 Å². The van der Waals surface area contributed by atoms with Gasteiger partial charge in [0.2, 0.25) is 5.91 Å². The molecular formula is C30H30F3N5O5S2. The number of amides is 2. The first-order chi connectivity index (χ1) is 21.6. The van der Waals surface area contributed by atoms with Gasteiger partial charge in [0.15, 0.2) is 16.7 Å². The molecule has 2 N–H and O–H groups in total. The molecule has 4 aromatic rings. The van der Waals surface area contributed by atoms with Crippen LogP contribution in [0.3, 0.4) is 0 Å². The molecule has 5 rings (SSSR count). The number of aromatic nitrogens is 3. The zero-order valence-corrected chi connectivity index (χ0v) is 26.0. The van der Waals surface area contributed by atoms with Crippen molar-refractivity contribution in [1.82, 2.24) is 20.1 Å². The number of thiophene rings is 1. The van der Waals surface area contributed by atoms with E-state index < -0.39 is 34.8 Å². The van der Waals surface area contributed by atoms with Crippen molar-refractivity contribution in [2.45, 2.75) is 69.1 Å².